The molecule has 5 heteroatoms. The van der Waals surface area contributed by atoms with E-state index in [4.69, 9.17) is 0 Å². The number of amides is 1. The van der Waals surface area contributed by atoms with Crippen molar-refractivity contribution in [2.24, 2.45) is 5.92 Å². The molecule has 4 nitrogen and oxygen atoms in total. The molecule has 2 rings (SSSR count). The summed E-state index contributed by atoms with van der Waals surface area (Å²) in [4.78, 5) is 15.2. The standard InChI is InChI=1S/C18H27NO3S/c1-13(2)23(22)17-10-6-15(7-11-17)18(21)19(3)16-8-4-14(12-20)5-9-16/h6-7,10-11,13-14,16,20H,4-5,8-9,12H2,1-3H3. The third-order valence-corrected chi connectivity index (χ3v) is 6.30. The van der Waals surface area contributed by atoms with Crippen molar-refractivity contribution in [1.29, 1.82) is 0 Å². The first-order valence-electron chi connectivity index (χ1n) is 8.32. The van der Waals surface area contributed by atoms with E-state index >= 15 is 0 Å². The first-order valence-corrected chi connectivity index (χ1v) is 9.54. The van der Waals surface area contributed by atoms with E-state index in [-0.39, 0.29) is 23.8 Å². The molecular weight excluding hydrogens is 310 g/mol. The molecule has 0 radical (unpaired) electrons. The van der Waals surface area contributed by atoms with Crippen LogP contribution >= 0.6 is 0 Å². The number of carbonyl (C=O) groups excluding carboxylic acids is 1. The summed E-state index contributed by atoms with van der Waals surface area (Å²) >= 11 is 0. The Morgan fingerprint density at radius 3 is 2.26 bits per heavy atom. The van der Waals surface area contributed by atoms with Crippen LogP contribution in [-0.4, -0.2) is 45.1 Å². The lowest BCUT2D eigenvalue weighted by Gasteiger charge is -2.34. The molecule has 1 unspecified atom stereocenters. The minimum absolute atomic E-state index is 0.0133. The van der Waals surface area contributed by atoms with Crippen LogP contribution in [0.4, 0.5) is 0 Å². The van der Waals surface area contributed by atoms with Gasteiger partial charge in [-0.05, 0) is 55.9 Å². The molecule has 0 heterocycles. The molecule has 0 aromatic heterocycles. The van der Waals surface area contributed by atoms with Crippen LogP contribution in [0.1, 0.15) is 49.9 Å². The van der Waals surface area contributed by atoms with Crippen molar-refractivity contribution in [3.8, 4) is 0 Å². The highest BCUT2D eigenvalue weighted by Crippen LogP contribution is 2.27. The van der Waals surface area contributed by atoms with E-state index in [1.54, 1.807) is 24.3 Å². The fourth-order valence-corrected chi connectivity index (χ4v) is 4.04. The summed E-state index contributed by atoms with van der Waals surface area (Å²) in [6, 6.07) is 7.37. The molecule has 1 N–H and O–H groups in total. The first-order chi connectivity index (χ1) is 10.9. The molecule has 1 atom stereocenters. The van der Waals surface area contributed by atoms with Crippen LogP contribution in [-0.2, 0) is 10.8 Å². The van der Waals surface area contributed by atoms with Gasteiger partial charge in [0.2, 0.25) is 0 Å². The van der Waals surface area contributed by atoms with Gasteiger partial charge in [0.1, 0.15) is 0 Å². The lowest BCUT2D eigenvalue weighted by Crippen LogP contribution is -2.39. The van der Waals surface area contributed by atoms with E-state index in [2.05, 4.69) is 0 Å². The van der Waals surface area contributed by atoms with Gasteiger partial charge in [0.05, 0.1) is 10.8 Å². The summed E-state index contributed by atoms with van der Waals surface area (Å²) in [6.45, 7) is 4.09. The number of hydrogen-bond acceptors (Lipinski definition) is 3. The van der Waals surface area contributed by atoms with Gasteiger partial charge in [-0.25, -0.2) is 0 Å². The van der Waals surface area contributed by atoms with Crippen molar-refractivity contribution < 1.29 is 14.1 Å². The molecule has 0 saturated heterocycles. The predicted molar refractivity (Wildman–Crippen MR) is 92.9 cm³/mol. The van der Waals surface area contributed by atoms with Crippen molar-refractivity contribution in [2.45, 2.75) is 55.7 Å². The highest BCUT2D eigenvalue weighted by molar-refractivity contribution is 7.85. The normalized spacial score (nSPS) is 22.8. The molecule has 1 aliphatic carbocycles. The number of rotatable bonds is 5. The van der Waals surface area contributed by atoms with Crippen LogP contribution in [0.5, 0.6) is 0 Å². The Morgan fingerprint density at radius 1 is 1.22 bits per heavy atom. The van der Waals surface area contributed by atoms with E-state index in [1.165, 1.54) is 0 Å². The smallest absolute Gasteiger partial charge is 0.253 e. The minimum atomic E-state index is -1.03. The van der Waals surface area contributed by atoms with Crippen LogP contribution in [0.15, 0.2) is 29.2 Å². The molecule has 1 aliphatic rings. The fraction of sp³-hybridized carbons (Fsp3) is 0.611. The molecular formula is C18H27NO3S. The van der Waals surface area contributed by atoms with Gasteiger partial charge in [-0.15, -0.1) is 0 Å². The maximum Gasteiger partial charge on any atom is 0.253 e. The largest absolute Gasteiger partial charge is 0.396 e. The van der Waals surface area contributed by atoms with Gasteiger partial charge in [-0.1, -0.05) is 13.8 Å². The van der Waals surface area contributed by atoms with E-state index in [9.17, 15) is 14.1 Å². The second-order valence-corrected chi connectivity index (χ2v) is 8.65. The van der Waals surface area contributed by atoms with Gasteiger partial charge in [-0.3, -0.25) is 9.00 Å². The van der Waals surface area contributed by atoms with Crippen molar-refractivity contribution in [1.82, 2.24) is 4.90 Å². The van der Waals surface area contributed by atoms with Gasteiger partial charge < -0.3 is 10.0 Å². The number of carbonyl (C=O) groups is 1. The molecule has 0 spiro atoms. The highest BCUT2D eigenvalue weighted by Gasteiger charge is 2.26. The summed E-state index contributed by atoms with van der Waals surface area (Å²) in [7, 11) is 0.828. The average molecular weight is 337 g/mol. The zero-order chi connectivity index (χ0) is 17.0. The quantitative estimate of drug-likeness (QED) is 0.899. The topological polar surface area (TPSA) is 57.6 Å². The Bertz CT molecular complexity index is 548. The Hall–Kier alpha value is -1.20. The van der Waals surface area contributed by atoms with Crippen LogP contribution in [0.2, 0.25) is 0 Å². The van der Waals surface area contributed by atoms with E-state index < -0.39 is 10.8 Å². The van der Waals surface area contributed by atoms with E-state index in [1.807, 2.05) is 25.8 Å². The molecule has 1 aromatic rings. The van der Waals surface area contributed by atoms with E-state index in [0.29, 0.717) is 11.5 Å². The van der Waals surface area contributed by atoms with Crippen molar-refractivity contribution in [3.05, 3.63) is 29.8 Å². The van der Waals surface area contributed by atoms with Crippen LogP contribution < -0.4 is 0 Å². The van der Waals surface area contributed by atoms with Crippen molar-refractivity contribution in [2.75, 3.05) is 13.7 Å². The maximum absolute atomic E-state index is 12.6. The number of benzene rings is 1. The third-order valence-electron chi connectivity index (χ3n) is 4.70. The maximum atomic E-state index is 12.6. The number of aliphatic hydroxyl groups is 1. The molecule has 0 aliphatic heterocycles. The number of hydrogen-bond donors (Lipinski definition) is 1. The second kappa shape index (κ2) is 8.06. The second-order valence-electron chi connectivity index (χ2n) is 6.64. The summed E-state index contributed by atoms with van der Waals surface area (Å²) < 4.78 is 12.1. The lowest BCUT2D eigenvalue weighted by atomic mass is 9.86. The van der Waals surface area contributed by atoms with Crippen LogP contribution in [0, 0.1) is 5.92 Å². The van der Waals surface area contributed by atoms with Gasteiger partial charge in [0.15, 0.2) is 0 Å². The molecule has 128 valence electrons. The predicted octanol–water partition coefficient (Wildman–Crippen LogP) is 2.83. The summed E-state index contributed by atoms with van der Waals surface area (Å²) in [5.74, 6) is 0.402. The molecule has 1 amide bonds. The van der Waals surface area contributed by atoms with Crippen LogP contribution in [0.25, 0.3) is 0 Å². The fourth-order valence-electron chi connectivity index (χ4n) is 3.09. The summed E-state index contributed by atoms with van der Waals surface area (Å²) in [5.41, 5.74) is 0.640. The van der Waals surface area contributed by atoms with Crippen molar-refractivity contribution in [3.63, 3.8) is 0 Å². The van der Waals surface area contributed by atoms with Crippen LogP contribution in [0.3, 0.4) is 0 Å². The minimum Gasteiger partial charge on any atom is -0.396 e. The number of nitrogens with zero attached hydrogens (tertiary/aromatic N) is 1. The van der Waals surface area contributed by atoms with Gasteiger partial charge in [0.25, 0.3) is 5.91 Å². The third kappa shape index (κ3) is 4.42. The van der Waals surface area contributed by atoms with Crippen molar-refractivity contribution >= 4 is 16.7 Å². The molecule has 0 bridgehead atoms. The summed E-state index contributed by atoms with van der Waals surface area (Å²) in [6.07, 6.45) is 3.85. The molecule has 1 fully saturated rings. The van der Waals surface area contributed by atoms with Gasteiger partial charge >= 0.3 is 0 Å². The zero-order valence-electron chi connectivity index (χ0n) is 14.2. The van der Waals surface area contributed by atoms with E-state index in [0.717, 1.165) is 30.6 Å². The Labute approximate surface area is 141 Å². The SMILES string of the molecule is CC(C)S(=O)c1ccc(C(=O)N(C)C2CCC(CO)CC2)cc1. The number of aliphatic hydroxyl groups excluding tert-OH is 1. The Morgan fingerprint density at radius 2 is 1.78 bits per heavy atom. The monoisotopic (exact) mass is 337 g/mol. The summed E-state index contributed by atoms with van der Waals surface area (Å²) in [5, 5.41) is 9.28. The molecule has 23 heavy (non-hydrogen) atoms. The molecule has 1 aromatic carbocycles. The zero-order valence-corrected chi connectivity index (χ0v) is 15.0. The van der Waals surface area contributed by atoms with Gasteiger partial charge in [0, 0.05) is 35.4 Å². The average Bonchev–Trinajstić information content (AvgIpc) is 2.60. The molecule has 1 saturated carbocycles. The Kier molecular flexibility index (Phi) is 6.36. The lowest BCUT2D eigenvalue weighted by molar-refractivity contribution is 0.0653. The first kappa shape index (κ1) is 18.1. The Balaban J connectivity index is 2.01. The highest BCUT2D eigenvalue weighted by atomic mass is 32.2. The van der Waals surface area contributed by atoms with Gasteiger partial charge in [-0.2, -0.15) is 0 Å².